The summed E-state index contributed by atoms with van der Waals surface area (Å²) < 4.78 is 12.0. The SMILES string of the molecule is COc1ccccc1-c1c(C(=O)O)nnn1CC(C)OC. The van der Waals surface area contributed by atoms with Crippen LogP contribution in [0.4, 0.5) is 0 Å². The van der Waals surface area contributed by atoms with E-state index in [0.29, 0.717) is 23.6 Å². The zero-order valence-corrected chi connectivity index (χ0v) is 12.1. The highest BCUT2D eigenvalue weighted by atomic mass is 16.5. The number of carboxylic acid groups (broad SMARTS) is 1. The van der Waals surface area contributed by atoms with Crippen molar-refractivity contribution < 1.29 is 19.4 Å². The van der Waals surface area contributed by atoms with Crippen molar-refractivity contribution in [1.29, 1.82) is 0 Å². The smallest absolute Gasteiger partial charge is 0.358 e. The summed E-state index contributed by atoms with van der Waals surface area (Å²) in [5.41, 5.74) is 0.928. The Morgan fingerprint density at radius 2 is 2.10 bits per heavy atom. The van der Waals surface area contributed by atoms with Gasteiger partial charge in [0.25, 0.3) is 0 Å². The first kappa shape index (κ1) is 15.0. The van der Waals surface area contributed by atoms with E-state index in [0.717, 1.165) is 0 Å². The molecule has 2 aromatic rings. The molecule has 7 heteroatoms. The molecule has 1 atom stereocenters. The minimum atomic E-state index is -1.13. The molecular weight excluding hydrogens is 274 g/mol. The standard InChI is InChI=1S/C14H17N3O4/c1-9(20-2)8-17-13(12(14(18)19)15-16-17)10-6-4-5-7-11(10)21-3/h4-7,9H,8H2,1-3H3,(H,18,19). The molecule has 0 aliphatic carbocycles. The summed E-state index contributed by atoms with van der Waals surface area (Å²) in [6.45, 7) is 2.26. The van der Waals surface area contributed by atoms with Crippen LogP contribution in [0.25, 0.3) is 11.3 Å². The van der Waals surface area contributed by atoms with Gasteiger partial charge in [-0.1, -0.05) is 17.3 Å². The molecular formula is C14H17N3O4. The largest absolute Gasteiger partial charge is 0.496 e. The van der Waals surface area contributed by atoms with Crippen LogP contribution >= 0.6 is 0 Å². The summed E-state index contributed by atoms with van der Waals surface area (Å²) in [5.74, 6) is -0.569. The van der Waals surface area contributed by atoms with Gasteiger partial charge in [-0.25, -0.2) is 9.48 Å². The summed E-state index contributed by atoms with van der Waals surface area (Å²) in [5, 5.41) is 17.0. The fourth-order valence-electron chi connectivity index (χ4n) is 2.01. The van der Waals surface area contributed by atoms with Crippen LogP contribution in [-0.4, -0.2) is 46.4 Å². The molecule has 1 aromatic carbocycles. The molecule has 0 spiro atoms. The molecule has 2 rings (SSSR count). The number of methoxy groups -OCH3 is 2. The van der Waals surface area contributed by atoms with Gasteiger partial charge < -0.3 is 14.6 Å². The number of nitrogens with zero attached hydrogens (tertiary/aromatic N) is 3. The summed E-state index contributed by atoms with van der Waals surface area (Å²) in [6.07, 6.45) is -0.123. The van der Waals surface area contributed by atoms with Gasteiger partial charge in [-0.15, -0.1) is 5.10 Å². The third-order valence-electron chi connectivity index (χ3n) is 3.13. The van der Waals surface area contributed by atoms with Crippen molar-refractivity contribution in [2.24, 2.45) is 0 Å². The number of ether oxygens (including phenoxy) is 2. The topological polar surface area (TPSA) is 86.5 Å². The van der Waals surface area contributed by atoms with Crippen LogP contribution in [0.5, 0.6) is 5.75 Å². The molecule has 0 amide bonds. The van der Waals surface area contributed by atoms with Crippen molar-refractivity contribution in [3.05, 3.63) is 30.0 Å². The first-order valence-electron chi connectivity index (χ1n) is 6.41. The summed E-state index contributed by atoms with van der Waals surface area (Å²) in [6, 6.07) is 7.16. The van der Waals surface area contributed by atoms with Crippen molar-refractivity contribution in [2.45, 2.75) is 19.6 Å². The molecule has 0 radical (unpaired) electrons. The maximum atomic E-state index is 11.4. The van der Waals surface area contributed by atoms with E-state index >= 15 is 0 Å². The normalized spacial score (nSPS) is 12.1. The van der Waals surface area contributed by atoms with Gasteiger partial charge >= 0.3 is 5.97 Å². The van der Waals surface area contributed by atoms with Crippen molar-refractivity contribution in [3.8, 4) is 17.0 Å². The minimum Gasteiger partial charge on any atom is -0.496 e. The molecule has 0 bridgehead atoms. The second-order valence-electron chi connectivity index (χ2n) is 4.52. The van der Waals surface area contributed by atoms with E-state index in [9.17, 15) is 9.90 Å². The lowest BCUT2D eigenvalue weighted by atomic mass is 10.1. The number of para-hydroxylation sites is 1. The number of hydrogen-bond acceptors (Lipinski definition) is 5. The van der Waals surface area contributed by atoms with E-state index in [4.69, 9.17) is 9.47 Å². The van der Waals surface area contributed by atoms with E-state index in [2.05, 4.69) is 10.3 Å². The molecule has 1 heterocycles. The maximum absolute atomic E-state index is 11.4. The second kappa shape index (κ2) is 6.36. The van der Waals surface area contributed by atoms with Crippen molar-refractivity contribution in [2.75, 3.05) is 14.2 Å². The lowest BCUT2D eigenvalue weighted by molar-refractivity contribution is 0.0691. The monoisotopic (exact) mass is 291 g/mol. The molecule has 0 saturated heterocycles. The molecule has 0 fully saturated rings. The van der Waals surface area contributed by atoms with Crippen molar-refractivity contribution in [1.82, 2.24) is 15.0 Å². The number of aromatic nitrogens is 3. The van der Waals surface area contributed by atoms with Gasteiger partial charge in [0.15, 0.2) is 5.69 Å². The highest BCUT2D eigenvalue weighted by molar-refractivity contribution is 5.93. The second-order valence-corrected chi connectivity index (χ2v) is 4.52. The fourth-order valence-corrected chi connectivity index (χ4v) is 2.01. The van der Waals surface area contributed by atoms with Crippen LogP contribution in [0.1, 0.15) is 17.4 Å². The van der Waals surface area contributed by atoms with E-state index in [1.165, 1.54) is 11.8 Å². The summed E-state index contributed by atoms with van der Waals surface area (Å²) in [4.78, 5) is 11.4. The van der Waals surface area contributed by atoms with E-state index in [1.807, 2.05) is 13.0 Å². The minimum absolute atomic E-state index is 0.109. The Morgan fingerprint density at radius 3 is 2.71 bits per heavy atom. The third kappa shape index (κ3) is 3.03. The van der Waals surface area contributed by atoms with Crippen molar-refractivity contribution in [3.63, 3.8) is 0 Å². The van der Waals surface area contributed by atoms with E-state index < -0.39 is 5.97 Å². The number of benzene rings is 1. The lowest BCUT2D eigenvalue weighted by Gasteiger charge is -2.13. The molecule has 1 aromatic heterocycles. The van der Waals surface area contributed by atoms with Crippen LogP contribution in [0.3, 0.4) is 0 Å². The first-order valence-corrected chi connectivity index (χ1v) is 6.41. The van der Waals surface area contributed by atoms with Gasteiger partial charge in [-0.05, 0) is 19.1 Å². The van der Waals surface area contributed by atoms with Gasteiger partial charge in [0.1, 0.15) is 11.4 Å². The van der Waals surface area contributed by atoms with E-state index in [1.54, 1.807) is 25.3 Å². The average Bonchev–Trinajstić information content (AvgIpc) is 2.90. The van der Waals surface area contributed by atoms with Gasteiger partial charge in [-0.3, -0.25) is 0 Å². The Labute approximate surface area is 122 Å². The molecule has 1 N–H and O–H groups in total. The van der Waals surface area contributed by atoms with Crippen LogP contribution in [0.2, 0.25) is 0 Å². The number of carboxylic acids is 1. The Bertz CT molecular complexity index is 639. The molecule has 7 nitrogen and oxygen atoms in total. The van der Waals surface area contributed by atoms with Gasteiger partial charge in [0.05, 0.1) is 19.8 Å². The van der Waals surface area contributed by atoms with Crippen LogP contribution in [0.15, 0.2) is 24.3 Å². The van der Waals surface area contributed by atoms with Crippen molar-refractivity contribution >= 4 is 5.97 Å². The average molecular weight is 291 g/mol. The number of aromatic carboxylic acids is 1. The summed E-state index contributed by atoms with van der Waals surface area (Å²) >= 11 is 0. The predicted octanol–water partition coefficient (Wildman–Crippen LogP) is 1.69. The van der Waals surface area contributed by atoms with E-state index in [-0.39, 0.29) is 11.8 Å². The number of rotatable bonds is 6. The van der Waals surface area contributed by atoms with Gasteiger partial charge in [0.2, 0.25) is 0 Å². The molecule has 0 aliphatic heterocycles. The van der Waals surface area contributed by atoms with Crippen LogP contribution in [0, 0.1) is 0 Å². The Morgan fingerprint density at radius 1 is 1.38 bits per heavy atom. The van der Waals surface area contributed by atoms with Gasteiger partial charge in [0, 0.05) is 12.7 Å². The molecule has 21 heavy (non-hydrogen) atoms. The zero-order chi connectivity index (χ0) is 15.4. The zero-order valence-electron chi connectivity index (χ0n) is 12.1. The molecule has 0 aliphatic rings. The first-order chi connectivity index (χ1) is 10.1. The highest BCUT2D eigenvalue weighted by Gasteiger charge is 2.23. The quantitative estimate of drug-likeness (QED) is 0.871. The molecule has 112 valence electrons. The molecule has 0 saturated carbocycles. The number of hydrogen-bond donors (Lipinski definition) is 1. The number of carbonyl (C=O) groups is 1. The Hall–Kier alpha value is -2.41. The maximum Gasteiger partial charge on any atom is 0.358 e. The van der Waals surface area contributed by atoms with Crippen LogP contribution in [-0.2, 0) is 11.3 Å². The predicted molar refractivity (Wildman–Crippen MR) is 75.4 cm³/mol. The highest BCUT2D eigenvalue weighted by Crippen LogP contribution is 2.31. The van der Waals surface area contributed by atoms with Crippen LogP contribution < -0.4 is 4.74 Å². The Balaban J connectivity index is 2.58. The summed E-state index contributed by atoms with van der Waals surface area (Å²) in [7, 11) is 3.12. The lowest BCUT2D eigenvalue weighted by Crippen LogP contribution is -2.17. The Kier molecular flexibility index (Phi) is 4.54. The third-order valence-corrected chi connectivity index (χ3v) is 3.13. The molecule has 1 unspecified atom stereocenters. The fraction of sp³-hybridized carbons (Fsp3) is 0.357. The van der Waals surface area contributed by atoms with Gasteiger partial charge in [-0.2, -0.15) is 0 Å².